The second-order valence-corrected chi connectivity index (χ2v) is 4.76. The Kier molecular flexibility index (Phi) is 3.09. The molecule has 4 heteroatoms. The highest BCUT2D eigenvalue weighted by Gasteiger charge is 2.16. The van der Waals surface area contributed by atoms with Gasteiger partial charge in [-0.05, 0) is 18.2 Å². The van der Waals surface area contributed by atoms with Crippen LogP contribution in [0.1, 0.15) is 11.1 Å². The third-order valence-corrected chi connectivity index (χ3v) is 3.17. The molecule has 1 N–H and O–H groups in total. The lowest BCUT2D eigenvalue weighted by atomic mass is 10.0. The van der Waals surface area contributed by atoms with Crippen LogP contribution >= 0.6 is 12.2 Å². The number of benzodiazepines with no additional fused rings is 1. The molecule has 1 aliphatic rings. The SMILES string of the molecule is Fc1ccc2c(c1)C(c1ccccc1)=NCC(=S)N2. The standard InChI is InChI=1S/C15H11FN2S/c16-11-6-7-13-12(8-11)15(17-9-14(19)18-13)10-4-2-1-3-5-10/h1-8H,9H2,(H,18,19). The summed E-state index contributed by atoms with van der Waals surface area (Å²) < 4.78 is 13.5. The van der Waals surface area contributed by atoms with E-state index in [0.717, 1.165) is 22.5 Å². The summed E-state index contributed by atoms with van der Waals surface area (Å²) in [5.41, 5.74) is 3.26. The van der Waals surface area contributed by atoms with Crippen molar-refractivity contribution in [1.82, 2.24) is 0 Å². The van der Waals surface area contributed by atoms with Crippen LogP contribution in [0, 0.1) is 5.82 Å². The van der Waals surface area contributed by atoms with Crippen LogP contribution in [0.5, 0.6) is 0 Å². The molecular weight excluding hydrogens is 259 g/mol. The number of nitrogens with one attached hydrogen (secondary N) is 1. The number of fused-ring (bicyclic) bond motifs is 1. The fraction of sp³-hybridized carbons (Fsp3) is 0.0667. The van der Waals surface area contributed by atoms with Crippen LogP contribution in [0.25, 0.3) is 0 Å². The van der Waals surface area contributed by atoms with E-state index in [0.29, 0.717) is 11.5 Å². The van der Waals surface area contributed by atoms with E-state index in [-0.39, 0.29) is 5.82 Å². The average molecular weight is 270 g/mol. The van der Waals surface area contributed by atoms with Gasteiger partial charge in [0.1, 0.15) is 10.8 Å². The largest absolute Gasteiger partial charge is 0.348 e. The number of anilines is 1. The maximum atomic E-state index is 13.5. The van der Waals surface area contributed by atoms with Crippen molar-refractivity contribution in [3.8, 4) is 0 Å². The minimum Gasteiger partial charge on any atom is -0.348 e. The molecule has 94 valence electrons. The summed E-state index contributed by atoms with van der Waals surface area (Å²) in [5, 5.41) is 3.10. The first-order valence-corrected chi connectivity index (χ1v) is 6.34. The zero-order chi connectivity index (χ0) is 13.2. The molecule has 2 aromatic rings. The van der Waals surface area contributed by atoms with Crippen LogP contribution < -0.4 is 5.32 Å². The Hall–Kier alpha value is -2.07. The highest BCUT2D eigenvalue weighted by molar-refractivity contribution is 7.80. The van der Waals surface area contributed by atoms with E-state index in [1.807, 2.05) is 30.3 Å². The summed E-state index contributed by atoms with van der Waals surface area (Å²) >= 11 is 5.19. The Bertz CT molecular complexity index is 665. The molecule has 0 bridgehead atoms. The lowest BCUT2D eigenvalue weighted by Crippen LogP contribution is -2.11. The first-order valence-electron chi connectivity index (χ1n) is 5.94. The van der Waals surface area contributed by atoms with E-state index in [9.17, 15) is 4.39 Å². The van der Waals surface area contributed by atoms with Crippen molar-refractivity contribution in [2.75, 3.05) is 11.9 Å². The molecule has 3 rings (SSSR count). The van der Waals surface area contributed by atoms with Crippen LogP contribution in [0.15, 0.2) is 53.5 Å². The summed E-state index contributed by atoms with van der Waals surface area (Å²) in [6.07, 6.45) is 0. The van der Waals surface area contributed by atoms with Gasteiger partial charge >= 0.3 is 0 Å². The molecule has 0 amide bonds. The first kappa shape index (κ1) is 12.0. The highest BCUT2D eigenvalue weighted by Crippen LogP contribution is 2.23. The highest BCUT2D eigenvalue weighted by atomic mass is 32.1. The van der Waals surface area contributed by atoms with Gasteiger partial charge in [0.25, 0.3) is 0 Å². The topological polar surface area (TPSA) is 24.4 Å². The molecule has 0 aromatic heterocycles. The Labute approximate surface area is 116 Å². The molecule has 0 spiro atoms. The van der Waals surface area contributed by atoms with E-state index >= 15 is 0 Å². The Morgan fingerprint density at radius 3 is 2.68 bits per heavy atom. The molecule has 0 radical (unpaired) electrons. The van der Waals surface area contributed by atoms with Gasteiger partial charge in [-0.25, -0.2) is 4.39 Å². The molecule has 19 heavy (non-hydrogen) atoms. The number of rotatable bonds is 1. The number of halogens is 1. The van der Waals surface area contributed by atoms with E-state index in [1.54, 1.807) is 6.07 Å². The van der Waals surface area contributed by atoms with E-state index in [1.165, 1.54) is 12.1 Å². The molecule has 2 aromatic carbocycles. The minimum absolute atomic E-state index is 0.281. The number of nitrogens with zero attached hydrogens (tertiary/aromatic N) is 1. The number of thiocarbonyl (C=S) groups is 1. The predicted molar refractivity (Wildman–Crippen MR) is 79.6 cm³/mol. The fourth-order valence-electron chi connectivity index (χ4n) is 2.09. The van der Waals surface area contributed by atoms with Gasteiger partial charge in [0, 0.05) is 16.8 Å². The molecule has 2 nitrogen and oxygen atoms in total. The normalized spacial score (nSPS) is 14.2. The zero-order valence-electron chi connectivity index (χ0n) is 10.1. The number of hydrogen-bond donors (Lipinski definition) is 1. The molecule has 0 atom stereocenters. The van der Waals surface area contributed by atoms with Crippen molar-refractivity contribution in [3.63, 3.8) is 0 Å². The molecule has 0 aliphatic carbocycles. The van der Waals surface area contributed by atoms with Gasteiger partial charge in [0.05, 0.1) is 12.3 Å². The van der Waals surface area contributed by atoms with E-state index < -0.39 is 0 Å². The average Bonchev–Trinajstić information content (AvgIpc) is 2.58. The van der Waals surface area contributed by atoms with Crippen molar-refractivity contribution >= 4 is 28.6 Å². The van der Waals surface area contributed by atoms with Crippen LogP contribution in [-0.2, 0) is 0 Å². The summed E-state index contributed by atoms with van der Waals surface area (Å²) in [5.74, 6) is -0.281. The predicted octanol–water partition coefficient (Wildman–Crippen LogP) is 3.42. The first-order chi connectivity index (χ1) is 9.24. The fourth-order valence-corrected chi connectivity index (χ4v) is 2.26. The summed E-state index contributed by atoms with van der Waals surface area (Å²) in [6, 6.07) is 14.3. The molecule has 1 aliphatic heterocycles. The molecule has 0 unspecified atom stereocenters. The van der Waals surface area contributed by atoms with Crippen LogP contribution in [0.2, 0.25) is 0 Å². The van der Waals surface area contributed by atoms with Gasteiger partial charge in [-0.2, -0.15) is 0 Å². The van der Waals surface area contributed by atoms with Crippen molar-refractivity contribution < 1.29 is 4.39 Å². The lowest BCUT2D eigenvalue weighted by Gasteiger charge is -2.10. The number of hydrogen-bond acceptors (Lipinski definition) is 2. The third kappa shape index (κ3) is 2.39. The zero-order valence-corrected chi connectivity index (χ0v) is 10.9. The van der Waals surface area contributed by atoms with Gasteiger partial charge in [0.2, 0.25) is 0 Å². The van der Waals surface area contributed by atoms with Gasteiger partial charge in [-0.3, -0.25) is 4.99 Å². The maximum Gasteiger partial charge on any atom is 0.124 e. The number of aliphatic imine (C=N–C) groups is 1. The minimum atomic E-state index is -0.281. The Morgan fingerprint density at radius 1 is 1.11 bits per heavy atom. The Morgan fingerprint density at radius 2 is 1.89 bits per heavy atom. The smallest absolute Gasteiger partial charge is 0.124 e. The second-order valence-electron chi connectivity index (χ2n) is 4.27. The van der Waals surface area contributed by atoms with Crippen LogP contribution in [0.3, 0.4) is 0 Å². The van der Waals surface area contributed by atoms with Crippen molar-refractivity contribution in [3.05, 3.63) is 65.5 Å². The quantitative estimate of drug-likeness (QED) is 0.803. The monoisotopic (exact) mass is 270 g/mol. The molecule has 0 saturated heterocycles. The Balaban J connectivity index is 2.20. The van der Waals surface area contributed by atoms with Crippen LogP contribution in [-0.4, -0.2) is 17.2 Å². The van der Waals surface area contributed by atoms with E-state index in [4.69, 9.17) is 12.2 Å². The summed E-state index contributed by atoms with van der Waals surface area (Å²) in [4.78, 5) is 5.14. The van der Waals surface area contributed by atoms with Gasteiger partial charge < -0.3 is 5.32 Å². The van der Waals surface area contributed by atoms with Gasteiger partial charge in [-0.15, -0.1) is 0 Å². The van der Waals surface area contributed by atoms with Crippen LogP contribution in [0.4, 0.5) is 10.1 Å². The maximum absolute atomic E-state index is 13.5. The van der Waals surface area contributed by atoms with Crippen molar-refractivity contribution in [2.45, 2.75) is 0 Å². The molecular formula is C15H11FN2S. The third-order valence-electron chi connectivity index (χ3n) is 2.94. The van der Waals surface area contributed by atoms with Gasteiger partial charge in [0.15, 0.2) is 0 Å². The second kappa shape index (κ2) is 4.90. The molecule has 0 fully saturated rings. The summed E-state index contributed by atoms with van der Waals surface area (Å²) in [6.45, 7) is 0.413. The molecule has 1 heterocycles. The van der Waals surface area contributed by atoms with Gasteiger partial charge in [-0.1, -0.05) is 42.5 Å². The number of benzene rings is 2. The van der Waals surface area contributed by atoms with E-state index in [2.05, 4.69) is 10.3 Å². The summed E-state index contributed by atoms with van der Waals surface area (Å²) in [7, 11) is 0. The van der Waals surface area contributed by atoms with Crippen molar-refractivity contribution in [1.29, 1.82) is 0 Å². The lowest BCUT2D eigenvalue weighted by molar-refractivity contribution is 0.628. The van der Waals surface area contributed by atoms with Crippen molar-refractivity contribution in [2.24, 2.45) is 4.99 Å². The molecule has 0 saturated carbocycles.